The van der Waals surface area contributed by atoms with Crippen molar-refractivity contribution in [3.63, 3.8) is 0 Å². The third-order valence-electron chi connectivity index (χ3n) is 10.3. The van der Waals surface area contributed by atoms with E-state index in [9.17, 15) is 35.1 Å². The van der Waals surface area contributed by atoms with E-state index in [4.69, 9.17) is 0 Å². The van der Waals surface area contributed by atoms with E-state index in [1.807, 2.05) is 0 Å². The van der Waals surface area contributed by atoms with Crippen LogP contribution in [0.15, 0.2) is 170 Å². The van der Waals surface area contributed by atoms with Crippen LogP contribution in [0.5, 0.6) is 0 Å². The van der Waals surface area contributed by atoms with Crippen LogP contribution in [0.3, 0.4) is 0 Å². The molecule has 0 bridgehead atoms. The number of benzene rings is 8. The molecule has 0 atom stereocenters. The Kier molecular flexibility index (Phi) is 9.93. The summed E-state index contributed by atoms with van der Waals surface area (Å²) in [6.45, 7) is 0. The maximum absolute atomic E-state index is 15.0. The molecule has 0 aliphatic rings. The highest BCUT2D eigenvalue weighted by atomic mass is 28.3. The molecule has 8 rings (SSSR count). The van der Waals surface area contributed by atoms with Gasteiger partial charge in [0.25, 0.3) is 0 Å². The largest absolute Gasteiger partial charge is 0.206 e. The molecule has 0 fully saturated rings. The normalized spacial score (nSPS) is 11.5. The summed E-state index contributed by atoms with van der Waals surface area (Å²) in [6, 6.07) is 41.0. The quantitative estimate of drug-likeness (QED) is 0.0818. The highest BCUT2D eigenvalue weighted by Gasteiger charge is 2.42. The fraction of sp³-hybridized carbons (Fsp3) is 0. The van der Waals surface area contributed by atoms with Gasteiger partial charge in [-0.3, -0.25) is 0 Å². The SMILES string of the molecule is Fc1cccc(F)c1-c1ccc([Si](c2ccc(-c3c(F)cccc3F)cc2)(c2ccc(-c3c(F)cccc3F)cc2)c2ccc(-c3c(F)cccc3F)cc2)cc1. The summed E-state index contributed by atoms with van der Waals surface area (Å²) in [5, 5.41) is 2.73. The van der Waals surface area contributed by atoms with Crippen molar-refractivity contribution in [3.05, 3.63) is 216 Å². The number of hydrogen-bond acceptors (Lipinski definition) is 0. The van der Waals surface area contributed by atoms with Gasteiger partial charge in [0, 0.05) is 0 Å². The Morgan fingerprint density at radius 1 is 0.211 bits per heavy atom. The van der Waals surface area contributed by atoms with Crippen molar-refractivity contribution in [1.82, 2.24) is 0 Å². The van der Waals surface area contributed by atoms with Crippen LogP contribution in [0.25, 0.3) is 44.5 Å². The Morgan fingerprint density at radius 2 is 0.368 bits per heavy atom. The summed E-state index contributed by atoms with van der Waals surface area (Å²) >= 11 is 0. The fourth-order valence-corrected chi connectivity index (χ4v) is 12.3. The molecule has 0 aromatic heterocycles. The highest BCUT2D eigenvalue weighted by molar-refractivity contribution is 7.19. The predicted molar refractivity (Wildman–Crippen MR) is 211 cm³/mol. The summed E-state index contributed by atoms with van der Waals surface area (Å²) in [5.41, 5.74) is 0.161. The monoisotopic (exact) mass is 784 g/mol. The van der Waals surface area contributed by atoms with Crippen molar-refractivity contribution in [2.45, 2.75) is 0 Å². The molecule has 0 saturated carbocycles. The molecular formula is C48H28F8Si. The fourth-order valence-electron chi connectivity index (χ4n) is 7.64. The maximum Gasteiger partial charge on any atom is 0.179 e. The molecule has 9 heteroatoms. The van der Waals surface area contributed by atoms with E-state index in [1.54, 1.807) is 97.1 Å². The molecule has 0 heterocycles. The van der Waals surface area contributed by atoms with Crippen molar-refractivity contribution in [2.75, 3.05) is 0 Å². The van der Waals surface area contributed by atoms with E-state index < -0.39 is 54.6 Å². The molecule has 0 N–H and O–H groups in total. The Hall–Kier alpha value is -6.58. The molecule has 0 aliphatic carbocycles. The smallest absolute Gasteiger partial charge is 0.179 e. The lowest BCUT2D eigenvalue weighted by atomic mass is 10.0. The van der Waals surface area contributed by atoms with Gasteiger partial charge in [-0.25, -0.2) is 35.1 Å². The maximum atomic E-state index is 15.0. The van der Waals surface area contributed by atoms with E-state index in [0.717, 1.165) is 48.5 Å². The third-order valence-corrected chi connectivity index (χ3v) is 15.1. The third kappa shape index (κ3) is 6.63. The van der Waals surface area contributed by atoms with Gasteiger partial charge >= 0.3 is 0 Å². The lowest BCUT2D eigenvalue weighted by molar-refractivity contribution is 0.589. The molecule has 0 saturated heterocycles. The topological polar surface area (TPSA) is 0 Å². The molecule has 0 radical (unpaired) electrons. The second kappa shape index (κ2) is 15.2. The molecular weight excluding hydrogens is 757 g/mol. The summed E-state index contributed by atoms with van der Waals surface area (Å²) in [5.74, 6) is -6.04. The van der Waals surface area contributed by atoms with Gasteiger partial charge in [0.05, 0.1) is 22.3 Å². The first-order valence-electron chi connectivity index (χ1n) is 17.8. The van der Waals surface area contributed by atoms with Crippen LogP contribution < -0.4 is 20.7 Å². The zero-order valence-corrected chi connectivity index (χ0v) is 30.7. The Balaban J connectivity index is 1.39. The van der Waals surface area contributed by atoms with Gasteiger partial charge in [-0.15, -0.1) is 0 Å². The minimum Gasteiger partial charge on any atom is -0.206 e. The number of rotatable bonds is 8. The minimum atomic E-state index is -3.65. The van der Waals surface area contributed by atoms with Crippen LogP contribution >= 0.6 is 0 Å². The van der Waals surface area contributed by atoms with Gasteiger partial charge in [-0.1, -0.05) is 121 Å². The van der Waals surface area contributed by atoms with E-state index >= 15 is 0 Å². The molecule has 57 heavy (non-hydrogen) atoms. The number of hydrogen-bond donors (Lipinski definition) is 0. The van der Waals surface area contributed by atoms with Crippen molar-refractivity contribution in [1.29, 1.82) is 0 Å². The minimum absolute atomic E-state index is 0.222. The molecule has 0 spiro atoms. The van der Waals surface area contributed by atoms with Crippen LogP contribution in [0.4, 0.5) is 35.1 Å². The molecule has 0 aliphatic heterocycles. The molecule has 0 amide bonds. The van der Waals surface area contributed by atoms with Crippen molar-refractivity contribution in [3.8, 4) is 44.5 Å². The Labute approximate surface area is 324 Å². The van der Waals surface area contributed by atoms with Crippen LogP contribution in [-0.2, 0) is 0 Å². The average molecular weight is 785 g/mol. The molecule has 0 unspecified atom stereocenters. The van der Waals surface area contributed by atoms with Crippen molar-refractivity contribution < 1.29 is 35.1 Å². The first-order chi connectivity index (χ1) is 27.6. The zero-order chi connectivity index (χ0) is 39.8. The summed E-state index contributed by atoms with van der Waals surface area (Å²) in [6.07, 6.45) is 0. The first kappa shape index (κ1) is 37.3. The van der Waals surface area contributed by atoms with E-state index in [0.29, 0.717) is 20.7 Å². The number of halogens is 8. The van der Waals surface area contributed by atoms with Gasteiger partial charge in [-0.2, -0.15) is 0 Å². The Bertz CT molecular complexity index is 2280. The summed E-state index contributed by atoms with van der Waals surface area (Å²) < 4.78 is 120. The average Bonchev–Trinajstić information content (AvgIpc) is 3.20. The van der Waals surface area contributed by atoms with Crippen LogP contribution in [0, 0.1) is 46.5 Å². The van der Waals surface area contributed by atoms with E-state index in [-0.39, 0.29) is 44.5 Å². The van der Waals surface area contributed by atoms with Gasteiger partial charge in [0.1, 0.15) is 46.5 Å². The standard InChI is InChI=1S/C48H28F8Si/c49-37-5-1-6-38(50)45(37)29-13-21-33(22-14-29)57(34-23-15-30(16-24-34)46-39(51)7-2-8-40(46)52,35-25-17-31(18-26-35)47-41(53)9-3-10-42(47)54)36-27-19-32(20-28-36)48-43(55)11-4-12-44(48)56/h1-28H. The van der Waals surface area contributed by atoms with Gasteiger partial charge < -0.3 is 0 Å². The van der Waals surface area contributed by atoms with Crippen LogP contribution in [0.2, 0.25) is 0 Å². The van der Waals surface area contributed by atoms with Gasteiger partial charge in [-0.05, 0) is 91.5 Å². The van der Waals surface area contributed by atoms with Crippen molar-refractivity contribution >= 4 is 28.8 Å². The van der Waals surface area contributed by atoms with E-state index in [2.05, 4.69) is 0 Å². The highest BCUT2D eigenvalue weighted by Crippen LogP contribution is 2.30. The molecule has 0 nitrogen and oxygen atoms in total. The van der Waals surface area contributed by atoms with Crippen LogP contribution in [-0.4, -0.2) is 8.07 Å². The Morgan fingerprint density at radius 3 is 0.526 bits per heavy atom. The summed E-state index contributed by atoms with van der Waals surface area (Å²) in [7, 11) is -3.65. The lowest BCUT2D eigenvalue weighted by Gasteiger charge is -2.35. The second-order valence-corrected chi connectivity index (χ2v) is 17.3. The van der Waals surface area contributed by atoms with E-state index in [1.165, 1.54) is 24.3 Å². The van der Waals surface area contributed by atoms with Crippen LogP contribution in [0.1, 0.15) is 0 Å². The van der Waals surface area contributed by atoms with Gasteiger partial charge in [0.15, 0.2) is 8.07 Å². The summed E-state index contributed by atoms with van der Waals surface area (Å²) in [4.78, 5) is 0. The first-order valence-corrected chi connectivity index (χ1v) is 19.8. The lowest BCUT2D eigenvalue weighted by Crippen LogP contribution is -2.74. The molecule has 8 aromatic rings. The predicted octanol–water partition coefficient (Wildman–Crippen LogP) is 10.8. The van der Waals surface area contributed by atoms with Crippen molar-refractivity contribution in [2.24, 2.45) is 0 Å². The zero-order valence-electron chi connectivity index (χ0n) is 29.7. The van der Waals surface area contributed by atoms with Gasteiger partial charge in [0.2, 0.25) is 0 Å². The molecule has 280 valence electrons. The second-order valence-electron chi connectivity index (χ2n) is 13.4. The molecule has 8 aromatic carbocycles.